The first-order valence-corrected chi connectivity index (χ1v) is 14.0. The van der Waals surface area contributed by atoms with Crippen molar-refractivity contribution in [2.45, 2.75) is 22.1 Å². The van der Waals surface area contributed by atoms with Crippen LogP contribution in [-0.4, -0.2) is 55.9 Å². The Morgan fingerprint density at radius 3 is 1.33 bits per heavy atom. The number of hydrogen-bond acceptors (Lipinski definition) is 9. The second kappa shape index (κ2) is 10.00. The molecular weight excluding hydrogens is 638 g/mol. The zero-order valence-electron chi connectivity index (χ0n) is 20.5. The molecule has 0 atom stereocenters. The van der Waals surface area contributed by atoms with Crippen LogP contribution in [-0.2, 0) is 32.6 Å². The van der Waals surface area contributed by atoms with Crippen LogP contribution in [0.2, 0.25) is 0 Å². The highest BCUT2D eigenvalue weighted by atomic mass is 32.2. The third-order valence-corrected chi connectivity index (χ3v) is 7.54. The van der Waals surface area contributed by atoms with E-state index in [9.17, 15) is 43.2 Å². The zero-order chi connectivity index (χ0) is 31.5. The van der Waals surface area contributed by atoms with E-state index in [1.807, 2.05) is 0 Å². The van der Waals surface area contributed by atoms with Gasteiger partial charge >= 0.3 is 12.4 Å². The van der Waals surface area contributed by atoms with Crippen molar-refractivity contribution in [3.63, 3.8) is 0 Å². The fourth-order valence-electron chi connectivity index (χ4n) is 3.83. The molecule has 0 aliphatic heterocycles. The van der Waals surface area contributed by atoms with Gasteiger partial charge in [0.1, 0.15) is 21.2 Å². The van der Waals surface area contributed by atoms with E-state index in [-0.39, 0.29) is 34.3 Å². The van der Waals surface area contributed by atoms with Crippen molar-refractivity contribution in [1.29, 1.82) is 0 Å². The lowest BCUT2D eigenvalue weighted by Crippen LogP contribution is -2.13. The SMILES string of the molecule is O=S(=O)(O)c1ccc(-n2cc(-c3ccc(-c4cn(-c5ccc(S(=O)(=O)O)c(C(F)(F)F)c5)nn4)o3)nn2)cc1C(F)(F)F. The maximum atomic E-state index is 13.4. The molecule has 2 N–H and O–H groups in total. The van der Waals surface area contributed by atoms with Crippen molar-refractivity contribution in [2.24, 2.45) is 0 Å². The molecule has 5 rings (SSSR count). The Morgan fingerprint density at radius 2 is 1.00 bits per heavy atom. The third-order valence-electron chi connectivity index (χ3n) is 5.72. The summed E-state index contributed by atoms with van der Waals surface area (Å²) < 4.78 is 152. The van der Waals surface area contributed by atoms with Gasteiger partial charge in [-0.1, -0.05) is 10.4 Å². The van der Waals surface area contributed by atoms with Gasteiger partial charge in [-0.3, -0.25) is 9.11 Å². The fourth-order valence-corrected chi connectivity index (χ4v) is 5.22. The Morgan fingerprint density at radius 1 is 0.628 bits per heavy atom. The van der Waals surface area contributed by atoms with Crippen LogP contribution in [0.5, 0.6) is 0 Å². The molecule has 0 radical (unpaired) electrons. The van der Waals surface area contributed by atoms with Crippen molar-refractivity contribution >= 4 is 20.2 Å². The summed E-state index contributed by atoms with van der Waals surface area (Å²) in [4.78, 5) is -2.70. The molecule has 43 heavy (non-hydrogen) atoms. The minimum Gasteiger partial charge on any atom is -0.453 e. The molecule has 0 bridgehead atoms. The quantitative estimate of drug-likeness (QED) is 0.197. The van der Waals surface area contributed by atoms with E-state index in [1.165, 1.54) is 12.1 Å². The topological polar surface area (TPSA) is 183 Å². The van der Waals surface area contributed by atoms with Crippen LogP contribution in [0.25, 0.3) is 34.3 Å². The zero-order valence-corrected chi connectivity index (χ0v) is 22.1. The van der Waals surface area contributed by atoms with Crippen LogP contribution in [0.4, 0.5) is 26.3 Å². The van der Waals surface area contributed by atoms with Crippen LogP contribution < -0.4 is 0 Å². The number of benzene rings is 2. The number of nitrogens with zero attached hydrogens (tertiary/aromatic N) is 6. The Bertz CT molecular complexity index is 1940. The van der Waals surface area contributed by atoms with Crippen molar-refractivity contribution in [3.8, 4) is 34.3 Å². The molecule has 0 aliphatic rings. The molecule has 2 aromatic carbocycles. The number of aromatic nitrogens is 6. The van der Waals surface area contributed by atoms with E-state index < -0.39 is 53.5 Å². The molecule has 3 aromatic heterocycles. The molecule has 0 aliphatic carbocycles. The monoisotopic (exact) mass is 650 g/mol. The van der Waals surface area contributed by atoms with Crippen LogP contribution >= 0.6 is 0 Å². The minimum absolute atomic E-state index is 0.00155. The predicted octanol–water partition coefficient (Wildman–Crippen LogP) is 4.31. The Hall–Kier alpha value is -4.60. The maximum absolute atomic E-state index is 13.4. The van der Waals surface area contributed by atoms with Crippen LogP contribution in [0.1, 0.15) is 11.1 Å². The minimum atomic E-state index is -5.19. The molecule has 0 amide bonds. The van der Waals surface area contributed by atoms with Gasteiger partial charge in [-0.25, -0.2) is 9.36 Å². The molecule has 0 saturated carbocycles. The highest BCUT2D eigenvalue weighted by Crippen LogP contribution is 2.37. The number of rotatable bonds is 6. The first-order chi connectivity index (χ1) is 19.8. The van der Waals surface area contributed by atoms with E-state index in [4.69, 9.17) is 13.5 Å². The first kappa shape index (κ1) is 29.9. The summed E-state index contributed by atoms with van der Waals surface area (Å²) in [6.07, 6.45) is -7.97. The third kappa shape index (κ3) is 6.00. The van der Waals surface area contributed by atoms with E-state index in [0.29, 0.717) is 24.3 Å². The highest BCUT2D eigenvalue weighted by molar-refractivity contribution is 7.86. The highest BCUT2D eigenvalue weighted by Gasteiger charge is 2.38. The summed E-state index contributed by atoms with van der Waals surface area (Å²) in [7, 11) is -10.4. The Balaban J connectivity index is 1.44. The van der Waals surface area contributed by atoms with Crippen molar-refractivity contribution in [1.82, 2.24) is 30.0 Å². The molecule has 0 fully saturated rings. The smallest absolute Gasteiger partial charge is 0.417 e. The van der Waals surface area contributed by atoms with E-state index in [1.54, 1.807) is 0 Å². The summed E-state index contributed by atoms with van der Waals surface area (Å²) in [5.74, 6) is 0.0523. The Labute approximate surface area is 235 Å². The second-order valence-electron chi connectivity index (χ2n) is 8.57. The van der Waals surface area contributed by atoms with Crippen LogP contribution in [0.3, 0.4) is 0 Å². The molecule has 0 saturated heterocycles. The average Bonchev–Trinajstić information content (AvgIpc) is 3.66. The largest absolute Gasteiger partial charge is 0.453 e. The average molecular weight is 650 g/mol. The summed E-state index contributed by atoms with van der Waals surface area (Å²) >= 11 is 0. The summed E-state index contributed by atoms with van der Waals surface area (Å²) in [5.41, 5.74) is -3.79. The normalized spacial score (nSPS) is 13.0. The summed E-state index contributed by atoms with van der Waals surface area (Å²) in [5, 5.41) is 15.0. The van der Waals surface area contributed by atoms with E-state index in [0.717, 1.165) is 33.9 Å². The molecule has 21 heteroatoms. The molecule has 0 spiro atoms. The summed E-state index contributed by atoms with van der Waals surface area (Å²) in [6.45, 7) is 0. The van der Waals surface area contributed by atoms with Crippen LogP contribution in [0, 0.1) is 0 Å². The van der Waals surface area contributed by atoms with Gasteiger partial charge in [-0.05, 0) is 48.5 Å². The van der Waals surface area contributed by atoms with Gasteiger partial charge < -0.3 is 4.42 Å². The number of furan rings is 1. The van der Waals surface area contributed by atoms with Crippen LogP contribution in [0.15, 0.2) is 75.1 Å². The van der Waals surface area contributed by atoms with Crippen molar-refractivity contribution < 1.29 is 56.7 Å². The number of halogens is 6. The van der Waals surface area contributed by atoms with E-state index >= 15 is 0 Å². The number of hydrogen-bond donors (Lipinski definition) is 2. The molecule has 5 aromatic rings. The molecule has 226 valence electrons. The molecule has 0 unspecified atom stereocenters. The second-order valence-corrected chi connectivity index (χ2v) is 11.3. The van der Waals surface area contributed by atoms with Gasteiger partial charge in [0.2, 0.25) is 0 Å². The lowest BCUT2D eigenvalue weighted by Gasteiger charge is -2.12. The standard InChI is InChI=1S/C22H12F6N6O7S2/c23-21(24,25)13-7-11(1-5-19(13)42(35,36)37)33-9-15(29-31-33)17-3-4-18(41-17)16-10-34(32-30-16)12-2-6-20(43(38,39)40)14(8-12)22(26,27)28/h1-10H,(H,35,36,37)(H,38,39,40). The first-order valence-electron chi connectivity index (χ1n) is 11.2. The van der Waals surface area contributed by atoms with Gasteiger partial charge in [0.25, 0.3) is 20.2 Å². The molecule has 13 nitrogen and oxygen atoms in total. The lowest BCUT2D eigenvalue weighted by molar-refractivity contribution is -0.140. The predicted molar refractivity (Wildman–Crippen MR) is 129 cm³/mol. The van der Waals surface area contributed by atoms with Gasteiger partial charge in [-0.15, -0.1) is 10.2 Å². The Kier molecular flexibility index (Phi) is 6.95. The van der Waals surface area contributed by atoms with Crippen molar-refractivity contribution in [2.75, 3.05) is 0 Å². The van der Waals surface area contributed by atoms with E-state index in [2.05, 4.69) is 20.6 Å². The van der Waals surface area contributed by atoms with Gasteiger partial charge in [0.05, 0.1) is 34.9 Å². The van der Waals surface area contributed by atoms with Gasteiger partial charge in [0, 0.05) is 0 Å². The van der Waals surface area contributed by atoms with Gasteiger partial charge in [0.15, 0.2) is 11.5 Å². The van der Waals surface area contributed by atoms with Crippen molar-refractivity contribution in [3.05, 3.63) is 72.1 Å². The maximum Gasteiger partial charge on any atom is 0.417 e. The molecular formula is C22H12F6N6O7S2. The number of alkyl halides is 6. The summed E-state index contributed by atoms with van der Waals surface area (Å²) in [6, 6.07) is 6.64. The van der Waals surface area contributed by atoms with Gasteiger partial charge in [-0.2, -0.15) is 43.2 Å². The lowest BCUT2D eigenvalue weighted by atomic mass is 10.2. The molecule has 3 heterocycles. The fraction of sp³-hybridized carbons (Fsp3) is 0.0909.